The second-order valence-corrected chi connectivity index (χ2v) is 5.58. The van der Waals surface area contributed by atoms with Crippen LogP contribution in [0.1, 0.15) is 22.8 Å². The third-order valence-corrected chi connectivity index (χ3v) is 4.02. The molecular weight excluding hydrogens is 336 g/mol. The smallest absolute Gasteiger partial charge is 0.347 e. The Bertz CT molecular complexity index is 1010. The lowest BCUT2D eigenvalue weighted by atomic mass is 10.1. The SMILES string of the molecule is CCOC(=O)c1c(O)c2ccncc2n(Cc2ccc(OC)cc2)c1=O. The standard InChI is InChI=1S/C19H18N2O5/c1-3-26-19(24)16-17(22)14-8-9-20-10-15(14)21(18(16)23)11-12-4-6-13(25-2)7-5-12/h4-10,22H,3,11H2,1-2H3. The zero-order valence-corrected chi connectivity index (χ0v) is 14.4. The van der Waals surface area contributed by atoms with Crippen molar-refractivity contribution in [3.05, 3.63) is 64.2 Å². The van der Waals surface area contributed by atoms with E-state index in [0.29, 0.717) is 16.7 Å². The summed E-state index contributed by atoms with van der Waals surface area (Å²) in [7, 11) is 1.57. The molecular formula is C19H18N2O5. The fraction of sp³-hybridized carbons (Fsp3) is 0.211. The number of hydrogen-bond donors (Lipinski definition) is 1. The van der Waals surface area contributed by atoms with Gasteiger partial charge in [-0.05, 0) is 30.7 Å². The normalized spacial score (nSPS) is 10.7. The molecule has 7 heteroatoms. The van der Waals surface area contributed by atoms with Gasteiger partial charge in [-0.3, -0.25) is 9.78 Å². The minimum Gasteiger partial charge on any atom is -0.506 e. The van der Waals surface area contributed by atoms with E-state index in [1.165, 1.54) is 17.0 Å². The number of pyridine rings is 2. The Balaban J connectivity index is 2.19. The number of aromatic nitrogens is 2. The van der Waals surface area contributed by atoms with Crippen molar-refractivity contribution in [2.24, 2.45) is 0 Å². The number of hydrogen-bond acceptors (Lipinski definition) is 6. The molecule has 0 atom stereocenters. The van der Waals surface area contributed by atoms with Gasteiger partial charge in [0.15, 0.2) is 5.56 Å². The third-order valence-electron chi connectivity index (χ3n) is 4.02. The van der Waals surface area contributed by atoms with Crippen molar-refractivity contribution in [2.45, 2.75) is 13.5 Å². The number of carbonyl (C=O) groups is 1. The summed E-state index contributed by atoms with van der Waals surface area (Å²) in [6, 6.07) is 8.77. The molecule has 0 aliphatic heterocycles. The van der Waals surface area contributed by atoms with Crippen LogP contribution in [0.4, 0.5) is 0 Å². The van der Waals surface area contributed by atoms with Crippen molar-refractivity contribution in [3.8, 4) is 11.5 Å². The van der Waals surface area contributed by atoms with Crippen LogP contribution in [0.2, 0.25) is 0 Å². The third kappa shape index (κ3) is 3.11. The van der Waals surface area contributed by atoms with Crippen LogP contribution in [-0.2, 0) is 11.3 Å². The fourth-order valence-electron chi connectivity index (χ4n) is 2.74. The predicted molar refractivity (Wildman–Crippen MR) is 95.7 cm³/mol. The highest BCUT2D eigenvalue weighted by Gasteiger charge is 2.23. The molecule has 0 aliphatic rings. The molecule has 26 heavy (non-hydrogen) atoms. The van der Waals surface area contributed by atoms with Gasteiger partial charge < -0.3 is 19.1 Å². The maximum absolute atomic E-state index is 12.9. The molecule has 0 unspecified atom stereocenters. The molecule has 134 valence electrons. The van der Waals surface area contributed by atoms with Crippen LogP contribution in [0.5, 0.6) is 11.5 Å². The van der Waals surface area contributed by atoms with E-state index in [1.54, 1.807) is 32.2 Å². The van der Waals surface area contributed by atoms with Crippen LogP contribution in [-0.4, -0.2) is 34.3 Å². The Kier molecular flexibility index (Phi) is 4.88. The van der Waals surface area contributed by atoms with Crippen molar-refractivity contribution >= 4 is 16.9 Å². The number of ether oxygens (including phenoxy) is 2. The lowest BCUT2D eigenvalue weighted by Crippen LogP contribution is -2.28. The van der Waals surface area contributed by atoms with Crippen molar-refractivity contribution in [2.75, 3.05) is 13.7 Å². The number of methoxy groups -OCH3 is 1. The molecule has 0 radical (unpaired) electrons. The van der Waals surface area contributed by atoms with Crippen molar-refractivity contribution in [1.82, 2.24) is 9.55 Å². The molecule has 0 saturated carbocycles. The van der Waals surface area contributed by atoms with E-state index < -0.39 is 17.3 Å². The maximum atomic E-state index is 12.9. The summed E-state index contributed by atoms with van der Waals surface area (Å²) in [5.74, 6) is -0.542. The van der Waals surface area contributed by atoms with Gasteiger partial charge in [0.25, 0.3) is 5.56 Å². The molecule has 3 aromatic rings. The van der Waals surface area contributed by atoms with E-state index in [9.17, 15) is 14.7 Å². The van der Waals surface area contributed by atoms with Crippen molar-refractivity contribution < 1.29 is 19.4 Å². The van der Waals surface area contributed by atoms with Gasteiger partial charge in [0.1, 0.15) is 11.5 Å². The van der Waals surface area contributed by atoms with Gasteiger partial charge in [0, 0.05) is 11.6 Å². The van der Waals surface area contributed by atoms with Gasteiger partial charge in [-0.1, -0.05) is 12.1 Å². The summed E-state index contributed by atoms with van der Waals surface area (Å²) in [4.78, 5) is 29.1. The number of carbonyl (C=O) groups excluding carboxylic acids is 1. The van der Waals surface area contributed by atoms with Gasteiger partial charge in [0.2, 0.25) is 0 Å². The quantitative estimate of drug-likeness (QED) is 0.707. The van der Waals surface area contributed by atoms with Gasteiger partial charge in [-0.2, -0.15) is 0 Å². The molecule has 2 aromatic heterocycles. The summed E-state index contributed by atoms with van der Waals surface area (Å²) in [6.07, 6.45) is 2.97. The molecule has 0 bridgehead atoms. The first kappa shape index (κ1) is 17.5. The number of fused-ring (bicyclic) bond motifs is 1. The molecule has 3 rings (SSSR count). The summed E-state index contributed by atoms with van der Waals surface area (Å²) in [5.41, 5.74) is 0.258. The van der Waals surface area contributed by atoms with Crippen molar-refractivity contribution in [3.63, 3.8) is 0 Å². The first-order valence-corrected chi connectivity index (χ1v) is 8.06. The molecule has 0 saturated heterocycles. The van der Waals surface area contributed by atoms with E-state index in [4.69, 9.17) is 9.47 Å². The summed E-state index contributed by atoms with van der Waals surface area (Å²) in [6.45, 7) is 1.94. The van der Waals surface area contributed by atoms with E-state index in [-0.39, 0.29) is 18.7 Å². The topological polar surface area (TPSA) is 90.7 Å². The zero-order chi connectivity index (χ0) is 18.7. The van der Waals surface area contributed by atoms with E-state index in [2.05, 4.69) is 4.98 Å². The number of benzene rings is 1. The largest absolute Gasteiger partial charge is 0.506 e. The number of aromatic hydroxyl groups is 1. The predicted octanol–water partition coefficient (Wildman–Crippen LogP) is 2.34. The van der Waals surface area contributed by atoms with Gasteiger partial charge in [-0.25, -0.2) is 4.79 Å². The van der Waals surface area contributed by atoms with Gasteiger partial charge in [-0.15, -0.1) is 0 Å². The molecule has 7 nitrogen and oxygen atoms in total. The second kappa shape index (κ2) is 7.26. The van der Waals surface area contributed by atoms with Crippen LogP contribution in [0.25, 0.3) is 10.9 Å². The van der Waals surface area contributed by atoms with Crippen LogP contribution in [0, 0.1) is 0 Å². The molecule has 0 aliphatic carbocycles. The van der Waals surface area contributed by atoms with E-state index in [0.717, 1.165) is 5.56 Å². The highest BCUT2D eigenvalue weighted by atomic mass is 16.5. The minimum atomic E-state index is -0.850. The highest BCUT2D eigenvalue weighted by molar-refractivity contribution is 5.99. The Morgan fingerprint density at radius 2 is 1.96 bits per heavy atom. The van der Waals surface area contributed by atoms with Crippen LogP contribution < -0.4 is 10.3 Å². The lowest BCUT2D eigenvalue weighted by molar-refractivity contribution is 0.0520. The zero-order valence-electron chi connectivity index (χ0n) is 14.4. The summed E-state index contributed by atoms with van der Waals surface area (Å²) < 4.78 is 11.5. The van der Waals surface area contributed by atoms with Crippen LogP contribution in [0.15, 0.2) is 47.5 Å². The van der Waals surface area contributed by atoms with Gasteiger partial charge in [0.05, 0.1) is 32.0 Å². The summed E-state index contributed by atoms with van der Waals surface area (Å²) >= 11 is 0. The van der Waals surface area contributed by atoms with E-state index in [1.807, 2.05) is 12.1 Å². The molecule has 0 spiro atoms. The Morgan fingerprint density at radius 3 is 2.62 bits per heavy atom. The number of rotatable bonds is 5. The fourth-order valence-corrected chi connectivity index (χ4v) is 2.74. The average Bonchev–Trinajstić information content (AvgIpc) is 2.66. The lowest BCUT2D eigenvalue weighted by Gasteiger charge is -2.14. The van der Waals surface area contributed by atoms with Gasteiger partial charge >= 0.3 is 5.97 Å². The van der Waals surface area contributed by atoms with Crippen LogP contribution in [0.3, 0.4) is 0 Å². The maximum Gasteiger partial charge on any atom is 0.347 e. The first-order chi connectivity index (χ1) is 12.6. The molecule has 1 aromatic carbocycles. The minimum absolute atomic E-state index is 0.102. The van der Waals surface area contributed by atoms with Crippen LogP contribution >= 0.6 is 0 Å². The molecule has 0 amide bonds. The second-order valence-electron chi connectivity index (χ2n) is 5.58. The highest BCUT2D eigenvalue weighted by Crippen LogP contribution is 2.26. The number of esters is 1. The average molecular weight is 354 g/mol. The Labute approximate surface area is 149 Å². The monoisotopic (exact) mass is 354 g/mol. The van der Waals surface area contributed by atoms with Crippen molar-refractivity contribution in [1.29, 1.82) is 0 Å². The first-order valence-electron chi connectivity index (χ1n) is 8.06. The molecule has 0 fully saturated rings. The molecule has 2 heterocycles. The number of nitrogens with zero attached hydrogens (tertiary/aromatic N) is 2. The Hall–Kier alpha value is -3.35. The van der Waals surface area contributed by atoms with E-state index >= 15 is 0 Å². The summed E-state index contributed by atoms with van der Waals surface area (Å²) in [5, 5.41) is 10.8. The molecule has 1 N–H and O–H groups in total. The Morgan fingerprint density at radius 1 is 1.23 bits per heavy atom.